The van der Waals surface area contributed by atoms with Crippen LogP contribution in [-0.2, 0) is 4.79 Å². The summed E-state index contributed by atoms with van der Waals surface area (Å²) >= 11 is 3.19. The predicted molar refractivity (Wildman–Crippen MR) is 78.8 cm³/mol. The number of amides is 1. The average Bonchev–Trinajstić information content (AvgIpc) is 2.90. The van der Waals surface area contributed by atoms with E-state index < -0.39 is 0 Å². The average molecular weight is 282 g/mol. The van der Waals surface area contributed by atoms with Gasteiger partial charge in [-0.3, -0.25) is 9.79 Å². The fourth-order valence-corrected chi connectivity index (χ4v) is 3.27. The highest BCUT2D eigenvalue weighted by Gasteiger charge is 2.11. The maximum atomic E-state index is 11.8. The molecule has 2 rings (SSSR count). The summed E-state index contributed by atoms with van der Waals surface area (Å²) in [6.07, 6.45) is 0. The number of carbonyl (C=O) groups excluding carboxylic acids is 1. The van der Waals surface area contributed by atoms with Crippen molar-refractivity contribution < 1.29 is 9.53 Å². The second-order valence-corrected chi connectivity index (χ2v) is 5.84. The van der Waals surface area contributed by atoms with Crippen LogP contribution in [0.2, 0.25) is 0 Å². The Morgan fingerprint density at radius 2 is 2.39 bits per heavy atom. The minimum absolute atomic E-state index is 0.0419. The molecule has 0 atom stereocenters. The molecule has 1 heterocycles. The number of hydrogen-bond donors (Lipinski definition) is 1. The lowest BCUT2D eigenvalue weighted by Gasteiger charge is -2.09. The minimum atomic E-state index is -0.0419. The van der Waals surface area contributed by atoms with Gasteiger partial charge < -0.3 is 10.1 Å². The van der Waals surface area contributed by atoms with Gasteiger partial charge in [0, 0.05) is 5.75 Å². The van der Waals surface area contributed by atoms with E-state index >= 15 is 0 Å². The van der Waals surface area contributed by atoms with Gasteiger partial charge in [0.2, 0.25) is 5.91 Å². The lowest BCUT2D eigenvalue weighted by Crippen LogP contribution is -2.15. The molecule has 0 bridgehead atoms. The molecule has 0 saturated carbocycles. The molecule has 0 unspecified atom stereocenters. The van der Waals surface area contributed by atoms with Crippen LogP contribution in [0.4, 0.5) is 5.69 Å². The zero-order valence-electron chi connectivity index (χ0n) is 10.0. The van der Waals surface area contributed by atoms with Gasteiger partial charge in [-0.2, -0.15) is 0 Å². The molecular formula is C12H14N2O2S2. The maximum Gasteiger partial charge on any atom is 0.234 e. The molecule has 96 valence electrons. The summed E-state index contributed by atoms with van der Waals surface area (Å²) in [6.45, 7) is 0.862. The molecule has 1 aliphatic heterocycles. The van der Waals surface area contributed by atoms with Gasteiger partial charge in [0.1, 0.15) is 10.1 Å². The number of rotatable bonds is 4. The van der Waals surface area contributed by atoms with Gasteiger partial charge in [0.05, 0.1) is 25.1 Å². The summed E-state index contributed by atoms with van der Waals surface area (Å²) in [6, 6.07) is 7.37. The Bertz CT molecular complexity index is 463. The molecule has 0 aliphatic carbocycles. The summed E-state index contributed by atoms with van der Waals surface area (Å²) < 4.78 is 6.18. The van der Waals surface area contributed by atoms with Crippen LogP contribution in [0.25, 0.3) is 0 Å². The lowest BCUT2D eigenvalue weighted by molar-refractivity contribution is -0.113. The largest absolute Gasteiger partial charge is 0.495 e. The van der Waals surface area contributed by atoms with Crippen molar-refractivity contribution in [3.63, 3.8) is 0 Å². The smallest absolute Gasteiger partial charge is 0.234 e. The molecule has 1 aromatic carbocycles. The van der Waals surface area contributed by atoms with Crippen LogP contribution in [0.3, 0.4) is 0 Å². The topological polar surface area (TPSA) is 50.7 Å². The normalized spacial score (nSPS) is 14.2. The van der Waals surface area contributed by atoms with Crippen molar-refractivity contribution in [3.05, 3.63) is 24.3 Å². The standard InChI is InChI=1S/C12H14N2O2S2/c1-16-10-5-3-2-4-9(10)14-11(15)8-18-12-13-6-7-17-12/h2-5H,6-8H2,1H3,(H,14,15). The quantitative estimate of drug-likeness (QED) is 0.921. The van der Waals surface area contributed by atoms with Gasteiger partial charge in [0.25, 0.3) is 0 Å². The van der Waals surface area contributed by atoms with E-state index in [1.807, 2.05) is 24.3 Å². The number of benzene rings is 1. The monoisotopic (exact) mass is 282 g/mol. The predicted octanol–water partition coefficient (Wildman–Crippen LogP) is 2.47. The molecule has 0 fully saturated rings. The number of thioether (sulfide) groups is 2. The van der Waals surface area contributed by atoms with Crippen LogP contribution in [0.1, 0.15) is 0 Å². The zero-order valence-corrected chi connectivity index (χ0v) is 11.6. The van der Waals surface area contributed by atoms with E-state index in [-0.39, 0.29) is 5.91 Å². The highest BCUT2D eigenvalue weighted by atomic mass is 32.2. The summed E-state index contributed by atoms with van der Waals surface area (Å²) in [5.74, 6) is 2.03. The van der Waals surface area contributed by atoms with Crippen molar-refractivity contribution >= 4 is 39.5 Å². The van der Waals surface area contributed by atoms with Crippen LogP contribution >= 0.6 is 23.5 Å². The Balaban J connectivity index is 1.86. The van der Waals surface area contributed by atoms with Crippen molar-refractivity contribution in [1.29, 1.82) is 0 Å². The van der Waals surface area contributed by atoms with E-state index in [0.29, 0.717) is 17.2 Å². The fraction of sp³-hybridized carbons (Fsp3) is 0.333. The summed E-state index contributed by atoms with van der Waals surface area (Å²) in [5.41, 5.74) is 0.701. The Hall–Kier alpha value is -1.14. The van der Waals surface area contributed by atoms with Crippen LogP contribution in [-0.4, -0.2) is 35.4 Å². The highest BCUT2D eigenvalue weighted by Crippen LogP contribution is 2.25. The first-order valence-corrected chi connectivity index (χ1v) is 7.49. The maximum absolute atomic E-state index is 11.8. The van der Waals surface area contributed by atoms with E-state index in [2.05, 4.69) is 10.3 Å². The van der Waals surface area contributed by atoms with Gasteiger partial charge in [-0.25, -0.2) is 0 Å². The fourth-order valence-electron chi connectivity index (χ4n) is 1.46. The first-order valence-electron chi connectivity index (χ1n) is 5.52. The van der Waals surface area contributed by atoms with Gasteiger partial charge in [-0.15, -0.1) is 0 Å². The Kier molecular flexibility index (Phi) is 4.95. The molecule has 1 amide bonds. The first kappa shape index (κ1) is 13.3. The summed E-state index contributed by atoms with van der Waals surface area (Å²) in [7, 11) is 1.59. The molecule has 1 N–H and O–H groups in total. The van der Waals surface area contributed by atoms with Crippen molar-refractivity contribution in [2.24, 2.45) is 4.99 Å². The third-order valence-electron chi connectivity index (χ3n) is 2.27. The van der Waals surface area contributed by atoms with Gasteiger partial charge >= 0.3 is 0 Å². The first-order chi connectivity index (χ1) is 8.79. The molecule has 1 aliphatic rings. The molecule has 4 nitrogen and oxygen atoms in total. The van der Waals surface area contributed by atoms with Crippen LogP contribution in [0.15, 0.2) is 29.3 Å². The molecule has 18 heavy (non-hydrogen) atoms. The third-order valence-corrected chi connectivity index (χ3v) is 4.52. The van der Waals surface area contributed by atoms with Gasteiger partial charge in [-0.05, 0) is 12.1 Å². The SMILES string of the molecule is COc1ccccc1NC(=O)CSC1=NCCS1. The van der Waals surface area contributed by atoms with Crippen LogP contribution < -0.4 is 10.1 Å². The van der Waals surface area contributed by atoms with Crippen molar-refractivity contribution in [2.75, 3.05) is 30.5 Å². The van der Waals surface area contributed by atoms with E-state index in [0.717, 1.165) is 16.7 Å². The molecule has 6 heteroatoms. The second-order valence-electron chi connectivity index (χ2n) is 3.53. The third kappa shape index (κ3) is 3.68. The number of ether oxygens (including phenoxy) is 1. The minimum Gasteiger partial charge on any atom is -0.495 e. The van der Waals surface area contributed by atoms with E-state index in [9.17, 15) is 4.79 Å². The molecule has 0 radical (unpaired) electrons. The van der Waals surface area contributed by atoms with Gasteiger partial charge in [-0.1, -0.05) is 35.7 Å². The molecule has 0 saturated heterocycles. The molecule has 0 aromatic heterocycles. The van der Waals surface area contributed by atoms with E-state index in [1.54, 1.807) is 18.9 Å². The number of aliphatic imine (C=N–C) groups is 1. The summed E-state index contributed by atoms with van der Waals surface area (Å²) in [4.78, 5) is 16.1. The second kappa shape index (κ2) is 6.70. The van der Waals surface area contributed by atoms with Crippen molar-refractivity contribution in [3.8, 4) is 5.75 Å². The van der Waals surface area contributed by atoms with Crippen molar-refractivity contribution in [1.82, 2.24) is 0 Å². The lowest BCUT2D eigenvalue weighted by atomic mass is 10.3. The number of nitrogens with zero attached hydrogens (tertiary/aromatic N) is 1. The van der Waals surface area contributed by atoms with Crippen LogP contribution in [0.5, 0.6) is 5.75 Å². The Morgan fingerprint density at radius 3 is 3.11 bits per heavy atom. The van der Waals surface area contributed by atoms with Crippen molar-refractivity contribution in [2.45, 2.75) is 0 Å². The number of nitrogens with one attached hydrogen (secondary N) is 1. The number of hydrogen-bond acceptors (Lipinski definition) is 5. The zero-order chi connectivity index (χ0) is 12.8. The highest BCUT2D eigenvalue weighted by molar-refractivity contribution is 8.39. The summed E-state index contributed by atoms with van der Waals surface area (Å²) in [5, 5.41) is 2.84. The van der Waals surface area contributed by atoms with E-state index in [4.69, 9.17) is 4.74 Å². The molecular weight excluding hydrogens is 268 g/mol. The Morgan fingerprint density at radius 1 is 1.56 bits per heavy atom. The Labute approximate surface area is 115 Å². The molecule has 1 aromatic rings. The molecule has 0 spiro atoms. The number of carbonyl (C=O) groups is 1. The number of methoxy groups -OCH3 is 1. The van der Waals surface area contributed by atoms with Gasteiger partial charge in [0.15, 0.2) is 0 Å². The van der Waals surface area contributed by atoms with E-state index in [1.165, 1.54) is 11.8 Å². The number of anilines is 1. The van der Waals surface area contributed by atoms with Crippen LogP contribution in [0, 0.1) is 0 Å². The number of para-hydroxylation sites is 2.